The third-order valence-electron chi connectivity index (χ3n) is 2.38. The summed E-state index contributed by atoms with van der Waals surface area (Å²) in [6, 6.07) is 7.07. The number of anilines is 1. The summed E-state index contributed by atoms with van der Waals surface area (Å²) in [4.78, 5) is 22.3. The molecule has 0 heterocycles. The highest BCUT2D eigenvalue weighted by atomic mass is 32.2. The van der Waals surface area contributed by atoms with Crippen molar-refractivity contribution in [3.05, 3.63) is 24.3 Å². The molecule has 6 heteroatoms. The van der Waals surface area contributed by atoms with Crippen LogP contribution in [-0.2, 0) is 9.59 Å². The van der Waals surface area contributed by atoms with E-state index in [-0.39, 0.29) is 11.7 Å². The summed E-state index contributed by atoms with van der Waals surface area (Å²) in [5.74, 6) is -0.133. The van der Waals surface area contributed by atoms with Crippen LogP contribution in [0.5, 0.6) is 5.75 Å². The number of hydrogen-bond acceptors (Lipinski definition) is 4. The summed E-state index contributed by atoms with van der Waals surface area (Å²) >= 11 is 1.30. The van der Waals surface area contributed by atoms with Gasteiger partial charge in [0.25, 0.3) is 0 Å². The van der Waals surface area contributed by atoms with Gasteiger partial charge in [-0.3, -0.25) is 9.59 Å². The molecule has 1 unspecified atom stereocenters. The van der Waals surface area contributed by atoms with Gasteiger partial charge < -0.3 is 15.2 Å². The Morgan fingerprint density at radius 1 is 1.47 bits per heavy atom. The van der Waals surface area contributed by atoms with Crippen LogP contribution in [0.1, 0.15) is 6.92 Å². The Hall–Kier alpha value is -1.69. The Bertz CT molecular complexity index is 450. The van der Waals surface area contributed by atoms with E-state index in [1.807, 2.05) is 0 Å². The highest BCUT2D eigenvalue weighted by molar-refractivity contribution is 8.00. The Labute approximate surface area is 116 Å². The minimum Gasteiger partial charge on any atom is -0.497 e. The lowest BCUT2D eigenvalue weighted by molar-refractivity contribution is -0.140. The third-order valence-corrected chi connectivity index (χ3v) is 3.58. The van der Waals surface area contributed by atoms with E-state index in [4.69, 9.17) is 9.84 Å². The Morgan fingerprint density at radius 3 is 2.84 bits per heavy atom. The molecule has 1 aromatic carbocycles. The minimum atomic E-state index is -0.847. The smallest absolute Gasteiger partial charge is 0.307 e. The molecule has 19 heavy (non-hydrogen) atoms. The van der Waals surface area contributed by atoms with E-state index >= 15 is 0 Å². The van der Waals surface area contributed by atoms with Crippen LogP contribution >= 0.6 is 11.8 Å². The zero-order valence-electron chi connectivity index (χ0n) is 10.9. The van der Waals surface area contributed by atoms with Crippen LogP contribution in [0.15, 0.2) is 24.3 Å². The topological polar surface area (TPSA) is 75.6 Å². The summed E-state index contributed by atoms with van der Waals surface area (Å²) < 4.78 is 5.05. The first-order valence-corrected chi connectivity index (χ1v) is 6.93. The molecule has 1 rings (SSSR count). The van der Waals surface area contributed by atoms with Crippen molar-refractivity contribution in [2.24, 2.45) is 5.92 Å². The molecule has 0 aliphatic rings. The second-order valence-electron chi connectivity index (χ2n) is 4.03. The van der Waals surface area contributed by atoms with E-state index in [1.54, 1.807) is 38.3 Å². The Balaban J connectivity index is 2.36. The number of hydrogen-bond donors (Lipinski definition) is 2. The molecule has 0 aromatic heterocycles. The van der Waals surface area contributed by atoms with E-state index < -0.39 is 11.9 Å². The molecule has 1 aromatic rings. The average molecular weight is 283 g/mol. The zero-order valence-corrected chi connectivity index (χ0v) is 11.7. The normalized spacial score (nSPS) is 11.7. The first-order valence-electron chi connectivity index (χ1n) is 5.77. The maximum absolute atomic E-state index is 11.6. The molecule has 1 atom stereocenters. The van der Waals surface area contributed by atoms with Crippen molar-refractivity contribution < 1.29 is 19.4 Å². The molecule has 5 nitrogen and oxygen atoms in total. The lowest BCUT2D eigenvalue weighted by atomic mass is 10.2. The number of carboxylic acids is 1. The summed E-state index contributed by atoms with van der Waals surface area (Å²) in [6.45, 7) is 1.62. The maximum Gasteiger partial charge on any atom is 0.307 e. The summed E-state index contributed by atoms with van der Waals surface area (Å²) in [5, 5.41) is 11.4. The number of amides is 1. The van der Waals surface area contributed by atoms with Gasteiger partial charge in [0.05, 0.1) is 18.8 Å². The molecule has 2 N–H and O–H groups in total. The second-order valence-corrected chi connectivity index (χ2v) is 5.06. The van der Waals surface area contributed by atoms with Crippen molar-refractivity contribution in [2.45, 2.75) is 6.92 Å². The first kappa shape index (κ1) is 15.4. The standard InChI is InChI=1S/C13H17NO4S/c1-9(13(16)17)7-19-8-12(15)14-10-4-3-5-11(6-10)18-2/h3-6,9H,7-8H2,1-2H3,(H,14,15)(H,16,17). The fraction of sp³-hybridized carbons (Fsp3) is 0.385. The summed E-state index contributed by atoms with van der Waals surface area (Å²) in [7, 11) is 1.56. The van der Waals surface area contributed by atoms with E-state index in [0.717, 1.165) is 0 Å². The van der Waals surface area contributed by atoms with Crippen molar-refractivity contribution in [1.82, 2.24) is 0 Å². The second kappa shape index (κ2) is 7.68. The van der Waals surface area contributed by atoms with Gasteiger partial charge in [-0.1, -0.05) is 13.0 Å². The fourth-order valence-corrected chi connectivity index (χ4v) is 2.17. The zero-order chi connectivity index (χ0) is 14.3. The summed E-state index contributed by atoms with van der Waals surface area (Å²) in [6.07, 6.45) is 0. The highest BCUT2D eigenvalue weighted by Crippen LogP contribution is 2.17. The minimum absolute atomic E-state index is 0.157. The number of carbonyl (C=O) groups excluding carboxylic acids is 1. The van der Waals surface area contributed by atoms with Crippen LogP contribution in [0.2, 0.25) is 0 Å². The molecule has 1 amide bonds. The number of rotatable bonds is 7. The molecule has 104 valence electrons. The number of carboxylic acid groups (broad SMARTS) is 1. The van der Waals surface area contributed by atoms with Crippen LogP contribution < -0.4 is 10.1 Å². The summed E-state index contributed by atoms with van der Waals surface area (Å²) in [5.41, 5.74) is 0.663. The van der Waals surface area contributed by atoms with Crippen molar-refractivity contribution in [3.8, 4) is 5.75 Å². The van der Waals surface area contributed by atoms with Gasteiger partial charge in [-0.05, 0) is 12.1 Å². The van der Waals surface area contributed by atoms with Crippen molar-refractivity contribution in [3.63, 3.8) is 0 Å². The van der Waals surface area contributed by atoms with Crippen LogP contribution in [0.4, 0.5) is 5.69 Å². The SMILES string of the molecule is COc1cccc(NC(=O)CSCC(C)C(=O)O)c1. The van der Waals surface area contributed by atoms with Gasteiger partial charge in [0, 0.05) is 17.5 Å². The molecule has 0 aliphatic carbocycles. The van der Waals surface area contributed by atoms with Gasteiger partial charge in [-0.15, -0.1) is 0 Å². The lowest BCUT2D eigenvalue weighted by Crippen LogP contribution is -2.17. The Morgan fingerprint density at radius 2 is 2.21 bits per heavy atom. The molecule has 0 spiro atoms. The number of methoxy groups -OCH3 is 1. The van der Waals surface area contributed by atoms with E-state index in [2.05, 4.69) is 5.32 Å². The number of ether oxygens (including phenoxy) is 1. The molecular formula is C13H17NO4S. The average Bonchev–Trinajstić information content (AvgIpc) is 2.38. The molecule has 0 aliphatic heterocycles. The van der Waals surface area contributed by atoms with Gasteiger partial charge in [-0.2, -0.15) is 11.8 Å². The van der Waals surface area contributed by atoms with Crippen LogP contribution in [0.25, 0.3) is 0 Å². The lowest BCUT2D eigenvalue weighted by Gasteiger charge is -2.08. The van der Waals surface area contributed by atoms with Crippen LogP contribution in [-0.4, -0.2) is 35.6 Å². The third kappa shape index (κ3) is 5.65. The van der Waals surface area contributed by atoms with E-state index in [1.165, 1.54) is 11.8 Å². The maximum atomic E-state index is 11.6. The van der Waals surface area contributed by atoms with E-state index in [0.29, 0.717) is 17.2 Å². The van der Waals surface area contributed by atoms with Crippen molar-refractivity contribution in [2.75, 3.05) is 23.9 Å². The predicted molar refractivity (Wildman–Crippen MR) is 75.7 cm³/mol. The van der Waals surface area contributed by atoms with Crippen LogP contribution in [0, 0.1) is 5.92 Å². The quantitative estimate of drug-likeness (QED) is 0.801. The monoisotopic (exact) mass is 283 g/mol. The predicted octanol–water partition coefficient (Wildman–Crippen LogP) is 2.09. The molecular weight excluding hydrogens is 266 g/mol. The number of thioether (sulfide) groups is 1. The highest BCUT2D eigenvalue weighted by Gasteiger charge is 2.11. The van der Waals surface area contributed by atoms with Gasteiger partial charge in [-0.25, -0.2) is 0 Å². The fourth-order valence-electron chi connectivity index (χ4n) is 1.30. The van der Waals surface area contributed by atoms with Gasteiger partial charge in [0.1, 0.15) is 5.75 Å². The largest absolute Gasteiger partial charge is 0.497 e. The van der Waals surface area contributed by atoms with Crippen LogP contribution in [0.3, 0.4) is 0 Å². The molecule has 0 saturated carbocycles. The van der Waals surface area contributed by atoms with E-state index in [9.17, 15) is 9.59 Å². The Kier molecular flexibility index (Phi) is 6.21. The number of carbonyl (C=O) groups is 2. The van der Waals surface area contributed by atoms with Crippen molar-refractivity contribution in [1.29, 1.82) is 0 Å². The van der Waals surface area contributed by atoms with Gasteiger partial charge >= 0.3 is 5.97 Å². The van der Waals surface area contributed by atoms with Crippen molar-refractivity contribution >= 4 is 29.3 Å². The van der Waals surface area contributed by atoms with Gasteiger partial charge in [0.2, 0.25) is 5.91 Å². The molecule has 0 radical (unpaired) electrons. The van der Waals surface area contributed by atoms with Gasteiger partial charge in [0.15, 0.2) is 0 Å². The molecule has 0 fully saturated rings. The number of benzene rings is 1. The first-order chi connectivity index (χ1) is 9.02. The molecule has 0 saturated heterocycles. The number of aliphatic carboxylic acids is 1. The number of nitrogens with one attached hydrogen (secondary N) is 1. The molecule has 0 bridgehead atoms.